The standard InChI is InChI=1S/C25H23Cl2N3OS/c26-20-14-19(15-21(27)16-20)17-4-6-18(7-5-17)24-28-22-8-13-32-23(22)25(31)30(24)12-11-29-9-2-1-3-10-29/h4-8,13-16H,1-3,9-12H2. The maximum absolute atomic E-state index is 13.3. The van der Waals surface area contributed by atoms with Crippen molar-refractivity contribution < 1.29 is 0 Å². The van der Waals surface area contributed by atoms with Crippen LogP contribution in [0.3, 0.4) is 0 Å². The Morgan fingerprint density at radius 3 is 2.25 bits per heavy atom. The smallest absolute Gasteiger partial charge is 0.271 e. The number of halogens is 2. The molecule has 0 bridgehead atoms. The largest absolute Gasteiger partial charge is 0.302 e. The molecular weight excluding hydrogens is 461 g/mol. The Balaban J connectivity index is 1.51. The van der Waals surface area contributed by atoms with Gasteiger partial charge < -0.3 is 4.90 Å². The number of rotatable bonds is 5. The molecule has 0 N–H and O–H groups in total. The van der Waals surface area contributed by atoms with Gasteiger partial charge in [0, 0.05) is 28.7 Å². The van der Waals surface area contributed by atoms with Crippen molar-refractivity contribution in [3.05, 3.63) is 74.3 Å². The Kier molecular flexibility index (Phi) is 6.33. The number of nitrogens with zero attached hydrogens (tertiary/aromatic N) is 3. The van der Waals surface area contributed by atoms with Gasteiger partial charge in [0.05, 0.1) is 5.52 Å². The molecule has 2 aromatic carbocycles. The van der Waals surface area contributed by atoms with Crippen LogP contribution in [0.15, 0.2) is 58.7 Å². The van der Waals surface area contributed by atoms with Crippen molar-refractivity contribution in [2.24, 2.45) is 0 Å². The monoisotopic (exact) mass is 483 g/mol. The second-order valence-electron chi connectivity index (χ2n) is 8.16. The molecule has 1 aliphatic rings. The molecule has 0 radical (unpaired) electrons. The normalized spacial score (nSPS) is 14.8. The molecule has 5 rings (SSSR count). The minimum Gasteiger partial charge on any atom is -0.302 e. The van der Waals surface area contributed by atoms with Gasteiger partial charge >= 0.3 is 0 Å². The lowest BCUT2D eigenvalue weighted by Gasteiger charge is -2.27. The van der Waals surface area contributed by atoms with Crippen LogP contribution in [-0.2, 0) is 6.54 Å². The van der Waals surface area contributed by atoms with E-state index in [9.17, 15) is 4.79 Å². The van der Waals surface area contributed by atoms with Gasteiger partial charge in [-0.3, -0.25) is 9.36 Å². The first-order chi connectivity index (χ1) is 15.6. The third kappa shape index (κ3) is 4.48. The third-order valence-corrected chi connectivity index (χ3v) is 7.32. The summed E-state index contributed by atoms with van der Waals surface area (Å²) in [5.41, 5.74) is 3.69. The van der Waals surface area contributed by atoms with Crippen LogP contribution in [0.4, 0.5) is 0 Å². The Morgan fingerprint density at radius 2 is 1.53 bits per heavy atom. The summed E-state index contributed by atoms with van der Waals surface area (Å²) >= 11 is 13.8. The second-order valence-corrected chi connectivity index (χ2v) is 9.95. The number of benzene rings is 2. The van der Waals surface area contributed by atoms with Gasteiger partial charge in [-0.15, -0.1) is 11.3 Å². The average Bonchev–Trinajstić information content (AvgIpc) is 3.28. The topological polar surface area (TPSA) is 38.1 Å². The molecule has 0 amide bonds. The first kappa shape index (κ1) is 21.7. The van der Waals surface area contributed by atoms with Crippen LogP contribution in [0.1, 0.15) is 19.3 Å². The van der Waals surface area contributed by atoms with Crippen LogP contribution < -0.4 is 5.56 Å². The summed E-state index contributed by atoms with van der Waals surface area (Å²) < 4.78 is 2.57. The highest BCUT2D eigenvalue weighted by Gasteiger charge is 2.16. The number of likely N-dealkylation sites (tertiary alicyclic amines) is 1. The Morgan fingerprint density at radius 1 is 0.844 bits per heavy atom. The lowest BCUT2D eigenvalue weighted by Crippen LogP contribution is -2.35. The van der Waals surface area contributed by atoms with Gasteiger partial charge in [0.25, 0.3) is 5.56 Å². The molecule has 1 fully saturated rings. The zero-order valence-electron chi connectivity index (χ0n) is 17.6. The number of aromatic nitrogens is 2. The molecule has 164 valence electrons. The predicted octanol–water partition coefficient (Wildman–Crippen LogP) is 6.58. The third-order valence-electron chi connectivity index (χ3n) is 5.99. The molecule has 4 nitrogen and oxygen atoms in total. The van der Waals surface area contributed by atoms with Crippen molar-refractivity contribution in [3.8, 4) is 22.5 Å². The van der Waals surface area contributed by atoms with E-state index < -0.39 is 0 Å². The van der Waals surface area contributed by atoms with Gasteiger partial charge in [-0.05, 0) is 66.7 Å². The van der Waals surface area contributed by atoms with E-state index in [4.69, 9.17) is 28.2 Å². The quantitative estimate of drug-likeness (QED) is 0.321. The van der Waals surface area contributed by atoms with E-state index in [2.05, 4.69) is 4.90 Å². The van der Waals surface area contributed by atoms with Gasteiger partial charge in [-0.1, -0.05) is 53.9 Å². The van der Waals surface area contributed by atoms with Crippen LogP contribution in [0.2, 0.25) is 10.0 Å². The number of hydrogen-bond acceptors (Lipinski definition) is 4. The van der Waals surface area contributed by atoms with E-state index in [-0.39, 0.29) is 5.56 Å². The van der Waals surface area contributed by atoms with Crippen molar-refractivity contribution >= 4 is 44.8 Å². The van der Waals surface area contributed by atoms with Crippen molar-refractivity contribution in [2.45, 2.75) is 25.8 Å². The lowest BCUT2D eigenvalue weighted by molar-refractivity contribution is 0.220. The molecule has 1 aliphatic heterocycles. The highest BCUT2D eigenvalue weighted by Crippen LogP contribution is 2.29. The molecule has 0 atom stereocenters. The maximum Gasteiger partial charge on any atom is 0.271 e. The minimum absolute atomic E-state index is 0.0442. The fourth-order valence-electron chi connectivity index (χ4n) is 4.33. The molecule has 0 unspecified atom stereocenters. The summed E-state index contributed by atoms with van der Waals surface area (Å²) in [6.45, 7) is 3.72. The molecular formula is C25H23Cl2N3OS. The van der Waals surface area contributed by atoms with E-state index >= 15 is 0 Å². The van der Waals surface area contributed by atoms with Crippen molar-refractivity contribution in [3.63, 3.8) is 0 Å². The molecule has 4 aromatic rings. The fraction of sp³-hybridized carbons (Fsp3) is 0.280. The maximum atomic E-state index is 13.3. The zero-order chi connectivity index (χ0) is 22.1. The molecule has 0 aliphatic carbocycles. The van der Waals surface area contributed by atoms with E-state index in [0.717, 1.165) is 46.5 Å². The van der Waals surface area contributed by atoms with E-state index in [1.54, 1.807) is 6.07 Å². The van der Waals surface area contributed by atoms with Gasteiger partial charge in [0.15, 0.2) is 0 Å². The molecule has 2 aromatic heterocycles. The van der Waals surface area contributed by atoms with Crippen molar-refractivity contribution in [1.29, 1.82) is 0 Å². The summed E-state index contributed by atoms with van der Waals surface area (Å²) in [6, 6.07) is 15.5. The predicted molar refractivity (Wildman–Crippen MR) is 135 cm³/mol. The average molecular weight is 484 g/mol. The highest BCUT2D eigenvalue weighted by atomic mass is 35.5. The van der Waals surface area contributed by atoms with Crippen LogP contribution in [0.25, 0.3) is 32.7 Å². The number of hydrogen-bond donors (Lipinski definition) is 0. The lowest BCUT2D eigenvalue weighted by atomic mass is 10.0. The number of fused-ring (bicyclic) bond motifs is 1. The Labute approximate surface area is 201 Å². The van der Waals surface area contributed by atoms with E-state index in [1.807, 2.05) is 52.4 Å². The van der Waals surface area contributed by atoms with Crippen LogP contribution in [0.5, 0.6) is 0 Å². The first-order valence-corrected chi connectivity index (χ1v) is 12.5. The Bertz CT molecular complexity index is 1290. The summed E-state index contributed by atoms with van der Waals surface area (Å²) in [4.78, 5) is 20.6. The van der Waals surface area contributed by atoms with Crippen LogP contribution in [-0.4, -0.2) is 34.1 Å². The van der Waals surface area contributed by atoms with Gasteiger partial charge in [-0.25, -0.2) is 4.98 Å². The minimum atomic E-state index is 0.0442. The molecule has 32 heavy (non-hydrogen) atoms. The Hall–Kier alpha value is -2.18. The van der Waals surface area contributed by atoms with Gasteiger partial charge in [0.2, 0.25) is 0 Å². The SMILES string of the molecule is O=c1c2sccc2nc(-c2ccc(-c3cc(Cl)cc(Cl)c3)cc2)n1CCN1CCCCC1. The molecule has 0 saturated carbocycles. The van der Waals surface area contributed by atoms with Gasteiger partial charge in [-0.2, -0.15) is 0 Å². The number of thiophene rings is 1. The second kappa shape index (κ2) is 9.36. The molecule has 3 heterocycles. The van der Waals surface area contributed by atoms with Crippen LogP contribution in [0, 0.1) is 0 Å². The molecule has 1 saturated heterocycles. The summed E-state index contributed by atoms with van der Waals surface area (Å²) in [6.07, 6.45) is 3.77. The summed E-state index contributed by atoms with van der Waals surface area (Å²) in [5.74, 6) is 0.716. The molecule has 0 spiro atoms. The van der Waals surface area contributed by atoms with Crippen LogP contribution >= 0.6 is 34.5 Å². The summed E-state index contributed by atoms with van der Waals surface area (Å²) in [5, 5.41) is 3.14. The van der Waals surface area contributed by atoms with Crippen molar-refractivity contribution in [2.75, 3.05) is 19.6 Å². The van der Waals surface area contributed by atoms with Crippen molar-refractivity contribution in [1.82, 2.24) is 14.5 Å². The van der Waals surface area contributed by atoms with E-state index in [1.165, 1.54) is 30.6 Å². The number of piperidine rings is 1. The molecule has 7 heteroatoms. The van der Waals surface area contributed by atoms with Gasteiger partial charge in [0.1, 0.15) is 10.5 Å². The fourth-order valence-corrected chi connectivity index (χ4v) is 5.63. The highest BCUT2D eigenvalue weighted by molar-refractivity contribution is 7.17. The van der Waals surface area contributed by atoms with E-state index in [0.29, 0.717) is 22.4 Å². The summed E-state index contributed by atoms with van der Waals surface area (Å²) in [7, 11) is 0. The first-order valence-electron chi connectivity index (χ1n) is 10.9. The zero-order valence-corrected chi connectivity index (χ0v) is 19.9.